The number of anilines is 1. The Hall–Kier alpha value is -2.95. The molecule has 0 atom stereocenters. The molecule has 3 aromatic rings. The van der Waals surface area contributed by atoms with Crippen molar-refractivity contribution in [3.63, 3.8) is 0 Å². The fourth-order valence-electron chi connectivity index (χ4n) is 2.66. The maximum Gasteiger partial charge on any atom is 0.278 e. The molecule has 3 rings (SSSR count). The molecule has 1 heterocycles. The summed E-state index contributed by atoms with van der Waals surface area (Å²) < 4.78 is 0. The number of fused-ring (bicyclic) bond motifs is 2. The summed E-state index contributed by atoms with van der Waals surface area (Å²) in [6, 6.07) is 14.9. The predicted molar refractivity (Wildman–Crippen MR) is 94.0 cm³/mol. The van der Waals surface area contributed by atoms with Crippen LogP contribution in [0.4, 0.5) is 5.69 Å². The minimum atomic E-state index is -0.294. The van der Waals surface area contributed by atoms with Gasteiger partial charge in [0.25, 0.3) is 5.56 Å². The lowest BCUT2D eigenvalue weighted by molar-refractivity contribution is 0.897. The number of nitrogens with two attached hydrogens (primary N) is 1. The van der Waals surface area contributed by atoms with Crippen LogP contribution in [0.5, 0.6) is 0 Å². The first-order valence-electron chi connectivity index (χ1n) is 7.48. The Morgan fingerprint density at radius 2 is 1.61 bits per heavy atom. The van der Waals surface area contributed by atoms with Gasteiger partial charge in [0.2, 0.25) is 0 Å². The molecule has 0 spiro atoms. The quantitative estimate of drug-likeness (QED) is 0.562. The maximum absolute atomic E-state index is 12.5. The molecule has 0 amide bonds. The fraction of sp³-hybridized carbons (Fsp3) is 0.167. The van der Waals surface area contributed by atoms with Gasteiger partial charge in [-0.25, -0.2) is 4.98 Å². The minimum Gasteiger partial charge on any atom is -0.381 e. The number of para-hydroxylation sites is 1. The summed E-state index contributed by atoms with van der Waals surface area (Å²) >= 11 is 0. The summed E-state index contributed by atoms with van der Waals surface area (Å²) in [6.07, 6.45) is 0. The number of hydrogen-bond donors (Lipinski definition) is 2. The summed E-state index contributed by atoms with van der Waals surface area (Å²) in [5, 5.41) is 9.93. The van der Waals surface area contributed by atoms with Crippen molar-refractivity contribution in [2.45, 2.75) is 19.9 Å². The average molecular weight is 306 g/mol. The summed E-state index contributed by atoms with van der Waals surface area (Å²) in [4.78, 5) is 16.8. The Balaban J connectivity index is 2.68. The molecule has 2 aromatic carbocycles. The van der Waals surface area contributed by atoms with Crippen LogP contribution in [0.2, 0.25) is 0 Å². The monoisotopic (exact) mass is 306 g/mol. The van der Waals surface area contributed by atoms with Crippen LogP contribution in [0.1, 0.15) is 13.8 Å². The van der Waals surface area contributed by atoms with E-state index in [0.29, 0.717) is 21.6 Å². The molecular weight excluding hydrogens is 288 g/mol. The lowest BCUT2D eigenvalue weighted by atomic mass is 10.1. The zero-order chi connectivity index (χ0) is 16.4. The van der Waals surface area contributed by atoms with Crippen LogP contribution in [0, 0.1) is 0 Å². The Labute approximate surface area is 133 Å². The lowest BCUT2D eigenvalue weighted by Crippen LogP contribution is -2.21. The van der Waals surface area contributed by atoms with Crippen molar-refractivity contribution in [3.05, 3.63) is 64.2 Å². The highest BCUT2D eigenvalue weighted by molar-refractivity contribution is 5.94. The third kappa shape index (κ3) is 2.73. The Morgan fingerprint density at radius 3 is 2.26 bits per heavy atom. The molecule has 5 nitrogen and oxygen atoms in total. The van der Waals surface area contributed by atoms with E-state index in [0.717, 1.165) is 11.1 Å². The standard InChI is InChI=1S/C18H18N4O/c1-11(2)20-16-14-9-5-6-10-15(14)21-18(23)13-8-4-3-7-12(13)17(16)22-19/h3-11,20H,19H2,1-2H3/b16-14?,21-15?,22-17-. The Kier molecular flexibility index (Phi) is 3.93. The molecule has 0 saturated carbocycles. The normalized spacial score (nSPS) is 12.0. The summed E-state index contributed by atoms with van der Waals surface area (Å²) in [5.74, 6) is 5.69. The topological polar surface area (TPSA) is 80.4 Å². The number of aromatic nitrogens is 1. The van der Waals surface area contributed by atoms with Crippen molar-refractivity contribution in [3.8, 4) is 0 Å². The van der Waals surface area contributed by atoms with E-state index in [-0.39, 0.29) is 11.6 Å². The second-order valence-corrected chi connectivity index (χ2v) is 5.63. The van der Waals surface area contributed by atoms with Crippen molar-refractivity contribution >= 4 is 27.4 Å². The summed E-state index contributed by atoms with van der Waals surface area (Å²) in [5.41, 5.74) is 1.09. The maximum atomic E-state index is 12.5. The second kappa shape index (κ2) is 6.04. The predicted octanol–water partition coefficient (Wildman–Crippen LogP) is 2.34. The first kappa shape index (κ1) is 15.0. The van der Waals surface area contributed by atoms with Crippen molar-refractivity contribution in [2.75, 3.05) is 5.32 Å². The first-order chi connectivity index (χ1) is 11.1. The molecule has 0 aliphatic rings. The van der Waals surface area contributed by atoms with E-state index in [2.05, 4.69) is 15.4 Å². The van der Waals surface area contributed by atoms with Gasteiger partial charge in [0, 0.05) is 16.8 Å². The zero-order valence-corrected chi connectivity index (χ0v) is 13.1. The molecule has 3 N–H and O–H groups in total. The molecule has 0 bridgehead atoms. The van der Waals surface area contributed by atoms with Gasteiger partial charge in [0.15, 0.2) is 0 Å². The van der Waals surface area contributed by atoms with E-state index in [1.165, 1.54) is 0 Å². The van der Waals surface area contributed by atoms with Gasteiger partial charge in [0.1, 0.15) is 5.36 Å². The molecule has 0 radical (unpaired) electrons. The van der Waals surface area contributed by atoms with Crippen molar-refractivity contribution in [1.82, 2.24) is 4.98 Å². The molecule has 0 saturated heterocycles. The van der Waals surface area contributed by atoms with Gasteiger partial charge < -0.3 is 11.2 Å². The Morgan fingerprint density at radius 1 is 1.00 bits per heavy atom. The van der Waals surface area contributed by atoms with Gasteiger partial charge in [-0.2, -0.15) is 5.10 Å². The molecule has 1 aromatic heterocycles. The lowest BCUT2D eigenvalue weighted by Gasteiger charge is -2.12. The van der Waals surface area contributed by atoms with Crippen LogP contribution in [-0.4, -0.2) is 11.0 Å². The van der Waals surface area contributed by atoms with Crippen molar-refractivity contribution in [2.24, 2.45) is 10.9 Å². The van der Waals surface area contributed by atoms with Gasteiger partial charge in [-0.1, -0.05) is 36.4 Å². The van der Waals surface area contributed by atoms with Gasteiger partial charge in [-0.3, -0.25) is 4.79 Å². The van der Waals surface area contributed by atoms with Crippen LogP contribution >= 0.6 is 0 Å². The molecule has 0 fully saturated rings. The smallest absolute Gasteiger partial charge is 0.278 e. The molecule has 116 valence electrons. The summed E-state index contributed by atoms with van der Waals surface area (Å²) in [6.45, 7) is 4.08. The van der Waals surface area contributed by atoms with E-state index < -0.39 is 0 Å². The number of benzene rings is 2. The molecule has 0 unspecified atom stereocenters. The van der Waals surface area contributed by atoms with Crippen LogP contribution in [0.15, 0.2) is 58.4 Å². The van der Waals surface area contributed by atoms with Gasteiger partial charge in [-0.15, -0.1) is 0 Å². The van der Waals surface area contributed by atoms with Gasteiger partial charge in [0.05, 0.1) is 16.6 Å². The zero-order valence-electron chi connectivity index (χ0n) is 13.1. The molecule has 0 aliphatic carbocycles. The van der Waals surface area contributed by atoms with E-state index in [1.807, 2.05) is 56.3 Å². The number of hydrogen-bond acceptors (Lipinski definition) is 5. The van der Waals surface area contributed by atoms with E-state index >= 15 is 0 Å². The summed E-state index contributed by atoms with van der Waals surface area (Å²) in [7, 11) is 0. The van der Waals surface area contributed by atoms with Gasteiger partial charge in [-0.05, 0) is 26.0 Å². The van der Waals surface area contributed by atoms with Crippen LogP contribution < -0.4 is 22.1 Å². The molecule has 0 aliphatic heterocycles. The third-order valence-corrected chi connectivity index (χ3v) is 3.61. The van der Waals surface area contributed by atoms with Gasteiger partial charge >= 0.3 is 0 Å². The number of rotatable bonds is 2. The highest BCUT2D eigenvalue weighted by Gasteiger charge is 2.09. The van der Waals surface area contributed by atoms with Crippen molar-refractivity contribution in [1.29, 1.82) is 0 Å². The number of nitrogens with one attached hydrogen (secondary N) is 1. The largest absolute Gasteiger partial charge is 0.381 e. The van der Waals surface area contributed by atoms with Crippen molar-refractivity contribution < 1.29 is 0 Å². The highest BCUT2D eigenvalue weighted by Crippen LogP contribution is 2.18. The average Bonchev–Trinajstić information content (AvgIpc) is 2.54. The minimum absolute atomic E-state index is 0.178. The highest BCUT2D eigenvalue weighted by atomic mass is 16.1. The molecule has 23 heavy (non-hydrogen) atoms. The van der Waals surface area contributed by atoms with E-state index in [1.54, 1.807) is 6.07 Å². The van der Waals surface area contributed by atoms with E-state index in [4.69, 9.17) is 5.84 Å². The second-order valence-electron chi connectivity index (χ2n) is 5.63. The van der Waals surface area contributed by atoms with Crippen LogP contribution in [0.25, 0.3) is 21.7 Å². The Bertz CT molecular complexity index is 1010. The van der Waals surface area contributed by atoms with Crippen LogP contribution in [0.3, 0.4) is 0 Å². The number of nitrogens with zero attached hydrogens (tertiary/aromatic N) is 2. The molecular formula is C18H18N4O. The fourth-order valence-corrected chi connectivity index (χ4v) is 2.66. The molecule has 5 heteroatoms. The third-order valence-electron chi connectivity index (χ3n) is 3.61. The first-order valence-corrected chi connectivity index (χ1v) is 7.48. The van der Waals surface area contributed by atoms with E-state index in [9.17, 15) is 4.79 Å². The SMILES string of the molecule is CC(C)Nc1/c(=N\N)c2ccccc2c(=O)nc2ccccc12. The van der Waals surface area contributed by atoms with Crippen LogP contribution in [-0.2, 0) is 0 Å².